The number of rotatable bonds is 3. The first-order chi connectivity index (χ1) is 10.4. The summed E-state index contributed by atoms with van der Waals surface area (Å²) in [6.45, 7) is 7.50. The lowest BCUT2D eigenvalue weighted by atomic mass is 10.1. The fourth-order valence-electron chi connectivity index (χ4n) is 2.41. The molecule has 0 fully saturated rings. The van der Waals surface area contributed by atoms with Crippen molar-refractivity contribution in [1.29, 1.82) is 0 Å². The van der Waals surface area contributed by atoms with Crippen LogP contribution in [0, 0.1) is 27.7 Å². The molecule has 2 aromatic rings. The number of ether oxygens (including phenoxy) is 1. The van der Waals surface area contributed by atoms with Crippen LogP contribution in [0.1, 0.15) is 27.8 Å². The molecule has 0 aliphatic heterocycles. The predicted molar refractivity (Wildman–Crippen MR) is 86.6 cm³/mol. The maximum absolute atomic E-state index is 14.1. The summed E-state index contributed by atoms with van der Waals surface area (Å²) >= 11 is 0. The lowest BCUT2D eigenvalue weighted by Gasteiger charge is -2.11. The first kappa shape index (κ1) is 16.0. The Morgan fingerprint density at radius 1 is 1.00 bits per heavy atom. The zero-order chi connectivity index (χ0) is 16.3. The van der Waals surface area contributed by atoms with Gasteiger partial charge >= 0.3 is 5.97 Å². The van der Waals surface area contributed by atoms with E-state index in [2.05, 4.69) is 0 Å². The van der Waals surface area contributed by atoms with Crippen LogP contribution in [-0.4, -0.2) is 5.97 Å². The van der Waals surface area contributed by atoms with E-state index in [0.717, 1.165) is 22.3 Å². The van der Waals surface area contributed by atoms with Crippen molar-refractivity contribution in [3.05, 3.63) is 70.0 Å². The molecule has 0 saturated heterocycles. The van der Waals surface area contributed by atoms with Gasteiger partial charge in [-0.3, -0.25) is 0 Å². The molecule has 0 aliphatic rings. The van der Waals surface area contributed by atoms with Gasteiger partial charge in [0.25, 0.3) is 0 Å². The van der Waals surface area contributed by atoms with Crippen molar-refractivity contribution in [3.8, 4) is 5.75 Å². The van der Waals surface area contributed by atoms with Crippen molar-refractivity contribution in [3.63, 3.8) is 0 Å². The molecule has 114 valence electrons. The van der Waals surface area contributed by atoms with Gasteiger partial charge in [-0.25, -0.2) is 4.79 Å². The molecule has 2 aromatic carbocycles. The Kier molecular flexibility index (Phi) is 4.76. The molecule has 22 heavy (non-hydrogen) atoms. The van der Waals surface area contributed by atoms with Gasteiger partial charge in [0.1, 0.15) is 5.75 Å². The Labute approximate surface area is 130 Å². The summed E-state index contributed by atoms with van der Waals surface area (Å²) in [5.41, 5.74) is 4.26. The second-order valence-corrected chi connectivity index (χ2v) is 5.47. The third-order valence-corrected chi connectivity index (χ3v) is 3.47. The van der Waals surface area contributed by atoms with Crippen LogP contribution in [0.2, 0.25) is 0 Å². The van der Waals surface area contributed by atoms with E-state index in [1.807, 2.05) is 52.0 Å². The van der Waals surface area contributed by atoms with Crippen molar-refractivity contribution < 1.29 is 13.9 Å². The van der Waals surface area contributed by atoms with Gasteiger partial charge < -0.3 is 4.74 Å². The number of esters is 1. The first-order valence-corrected chi connectivity index (χ1v) is 7.11. The van der Waals surface area contributed by atoms with Gasteiger partial charge in [0.2, 0.25) is 5.83 Å². The highest BCUT2D eigenvalue weighted by Gasteiger charge is 2.15. The number of carbonyl (C=O) groups excluding carboxylic acids is 1. The fraction of sp³-hybridized carbons (Fsp3) is 0.211. The van der Waals surface area contributed by atoms with E-state index >= 15 is 0 Å². The highest BCUT2D eigenvalue weighted by Crippen LogP contribution is 2.26. The molecule has 0 radical (unpaired) electrons. The van der Waals surface area contributed by atoms with E-state index in [-0.39, 0.29) is 0 Å². The van der Waals surface area contributed by atoms with Gasteiger partial charge in [0.15, 0.2) is 0 Å². The highest BCUT2D eigenvalue weighted by molar-refractivity contribution is 5.93. The summed E-state index contributed by atoms with van der Waals surface area (Å²) in [5, 5.41) is 0. The maximum Gasteiger partial charge on any atom is 0.372 e. The second-order valence-electron chi connectivity index (χ2n) is 5.47. The van der Waals surface area contributed by atoms with Crippen LogP contribution in [0.15, 0.2) is 42.2 Å². The Morgan fingerprint density at radius 2 is 1.59 bits per heavy atom. The standard InChI is InChI=1S/C19H19FO2/c1-12-9-14(3)18(15(4)10-12)22-19(21)17(20)11-16-8-6-5-7-13(16)2/h5-11H,1-4H3/b17-11+. The van der Waals surface area contributed by atoms with E-state index in [4.69, 9.17) is 4.74 Å². The smallest absolute Gasteiger partial charge is 0.372 e. The molecule has 0 N–H and O–H groups in total. The third-order valence-electron chi connectivity index (χ3n) is 3.47. The average Bonchev–Trinajstić information content (AvgIpc) is 2.45. The third kappa shape index (κ3) is 3.61. The van der Waals surface area contributed by atoms with Gasteiger partial charge in [-0.1, -0.05) is 42.0 Å². The molecule has 0 amide bonds. The zero-order valence-electron chi connectivity index (χ0n) is 13.2. The van der Waals surface area contributed by atoms with E-state index in [1.54, 1.807) is 12.1 Å². The molecule has 0 aliphatic carbocycles. The van der Waals surface area contributed by atoms with Gasteiger partial charge in [-0.15, -0.1) is 0 Å². The van der Waals surface area contributed by atoms with E-state index < -0.39 is 11.8 Å². The Bertz CT molecular complexity index is 722. The van der Waals surface area contributed by atoms with E-state index in [1.165, 1.54) is 6.08 Å². The minimum atomic E-state index is -0.974. The number of halogens is 1. The van der Waals surface area contributed by atoms with Crippen LogP contribution >= 0.6 is 0 Å². The summed E-state index contributed by atoms with van der Waals surface area (Å²) in [5.74, 6) is -1.46. The van der Waals surface area contributed by atoms with Gasteiger partial charge in [0, 0.05) is 0 Å². The van der Waals surface area contributed by atoms with Crippen LogP contribution < -0.4 is 4.74 Å². The summed E-state index contributed by atoms with van der Waals surface area (Å²) in [6, 6.07) is 11.1. The molecule has 0 saturated carbocycles. The number of benzene rings is 2. The van der Waals surface area contributed by atoms with Crippen molar-refractivity contribution in [2.75, 3.05) is 0 Å². The Balaban J connectivity index is 2.24. The SMILES string of the molecule is Cc1cc(C)c(OC(=O)/C(F)=C\c2ccccc2C)c(C)c1. The molecule has 0 bridgehead atoms. The summed E-state index contributed by atoms with van der Waals surface area (Å²) in [4.78, 5) is 12.0. The summed E-state index contributed by atoms with van der Waals surface area (Å²) in [7, 11) is 0. The number of hydrogen-bond donors (Lipinski definition) is 0. The fourth-order valence-corrected chi connectivity index (χ4v) is 2.41. The number of carbonyl (C=O) groups is 1. The van der Waals surface area contributed by atoms with Gasteiger partial charge in [-0.05, 0) is 56.0 Å². The van der Waals surface area contributed by atoms with Crippen molar-refractivity contribution in [1.82, 2.24) is 0 Å². The number of aryl methyl sites for hydroxylation is 4. The molecule has 3 heteroatoms. The lowest BCUT2D eigenvalue weighted by molar-refractivity contribution is -0.131. The summed E-state index contributed by atoms with van der Waals surface area (Å²) < 4.78 is 19.3. The monoisotopic (exact) mass is 298 g/mol. The van der Waals surface area contributed by atoms with Crippen LogP contribution in [0.4, 0.5) is 4.39 Å². The lowest BCUT2D eigenvalue weighted by Crippen LogP contribution is -2.10. The predicted octanol–water partition coefficient (Wildman–Crippen LogP) is 4.84. The minimum Gasteiger partial charge on any atom is -0.421 e. The summed E-state index contributed by atoms with van der Waals surface area (Å²) in [6.07, 6.45) is 1.20. The minimum absolute atomic E-state index is 0.420. The van der Waals surface area contributed by atoms with Crippen molar-refractivity contribution in [2.45, 2.75) is 27.7 Å². The van der Waals surface area contributed by atoms with E-state index in [0.29, 0.717) is 11.3 Å². The topological polar surface area (TPSA) is 26.3 Å². The van der Waals surface area contributed by atoms with Gasteiger partial charge in [-0.2, -0.15) is 4.39 Å². The molecule has 2 nitrogen and oxygen atoms in total. The van der Waals surface area contributed by atoms with Crippen LogP contribution in [-0.2, 0) is 4.79 Å². The second kappa shape index (κ2) is 6.56. The van der Waals surface area contributed by atoms with Crippen LogP contribution in [0.25, 0.3) is 6.08 Å². The van der Waals surface area contributed by atoms with Crippen LogP contribution in [0.3, 0.4) is 0 Å². The molecular weight excluding hydrogens is 279 g/mol. The molecule has 0 heterocycles. The van der Waals surface area contributed by atoms with Crippen molar-refractivity contribution in [2.24, 2.45) is 0 Å². The molecule has 0 atom stereocenters. The molecular formula is C19H19FO2. The largest absolute Gasteiger partial charge is 0.421 e. The Morgan fingerprint density at radius 3 is 2.18 bits per heavy atom. The molecule has 0 unspecified atom stereocenters. The quantitative estimate of drug-likeness (QED) is 0.460. The zero-order valence-corrected chi connectivity index (χ0v) is 13.2. The molecule has 2 rings (SSSR count). The van der Waals surface area contributed by atoms with E-state index in [9.17, 15) is 9.18 Å². The van der Waals surface area contributed by atoms with Crippen LogP contribution in [0.5, 0.6) is 5.75 Å². The average molecular weight is 298 g/mol. The first-order valence-electron chi connectivity index (χ1n) is 7.11. The molecule has 0 aromatic heterocycles. The van der Waals surface area contributed by atoms with Gasteiger partial charge in [0.05, 0.1) is 0 Å². The van der Waals surface area contributed by atoms with Crippen molar-refractivity contribution >= 4 is 12.0 Å². The normalized spacial score (nSPS) is 11.4. The number of hydrogen-bond acceptors (Lipinski definition) is 2. The highest BCUT2D eigenvalue weighted by atomic mass is 19.1. The maximum atomic E-state index is 14.1. The Hall–Kier alpha value is -2.42. The molecule has 0 spiro atoms.